The molecule has 48 valence electrons. The van der Waals surface area contributed by atoms with E-state index in [2.05, 4.69) is 11.6 Å². The molecule has 1 N–H and O–H groups in total. The number of nitrogens with one attached hydrogen (secondary N) is 1. The van der Waals surface area contributed by atoms with Gasteiger partial charge in [-0.05, 0) is 0 Å². The maximum atomic E-state index is 3.64. The lowest BCUT2D eigenvalue weighted by molar-refractivity contribution is -0.677. The highest BCUT2D eigenvalue weighted by Crippen LogP contribution is 1.85. The Hall–Kier alpha value is -1.05. The van der Waals surface area contributed by atoms with Gasteiger partial charge in [-0.15, -0.1) is 6.58 Å². The summed E-state index contributed by atoms with van der Waals surface area (Å²) < 4.78 is 2.04. The van der Waals surface area contributed by atoms with Crippen molar-refractivity contribution in [3.05, 3.63) is 30.9 Å². The molecule has 1 aromatic rings. The summed E-state index contributed by atoms with van der Waals surface area (Å²) in [7, 11) is 2.01. The van der Waals surface area contributed by atoms with E-state index in [1.807, 2.05) is 30.1 Å². The number of hydrogen-bond donors (Lipinski definition) is 1. The van der Waals surface area contributed by atoms with E-state index in [0.717, 1.165) is 6.42 Å². The zero-order valence-corrected chi connectivity index (χ0v) is 5.59. The molecular weight excluding hydrogens is 112 g/mol. The molecule has 2 nitrogen and oxygen atoms in total. The Labute approximate surface area is 54.8 Å². The van der Waals surface area contributed by atoms with Crippen LogP contribution in [-0.4, -0.2) is 4.98 Å². The fourth-order valence-electron chi connectivity index (χ4n) is 0.777. The summed E-state index contributed by atoms with van der Waals surface area (Å²) in [5.41, 5.74) is 0. The van der Waals surface area contributed by atoms with Gasteiger partial charge >= 0.3 is 0 Å². The first kappa shape index (κ1) is 6.08. The van der Waals surface area contributed by atoms with E-state index in [9.17, 15) is 0 Å². The molecule has 0 bridgehead atoms. The molecule has 0 spiro atoms. The Kier molecular flexibility index (Phi) is 1.68. The van der Waals surface area contributed by atoms with Crippen LogP contribution in [0.2, 0.25) is 0 Å². The summed E-state index contributed by atoms with van der Waals surface area (Å²) in [4.78, 5) is 3.10. The Bertz CT molecular complexity index is 200. The summed E-state index contributed by atoms with van der Waals surface area (Å²) in [6.45, 7) is 3.64. The van der Waals surface area contributed by atoms with Crippen LogP contribution >= 0.6 is 0 Å². The van der Waals surface area contributed by atoms with Gasteiger partial charge in [0.2, 0.25) is 0 Å². The molecule has 0 amide bonds. The van der Waals surface area contributed by atoms with Crippen LogP contribution in [0.3, 0.4) is 0 Å². The van der Waals surface area contributed by atoms with Crippen LogP contribution in [0.5, 0.6) is 0 Å². The van der Waals surface area contributed by atoms with Crippen molar-refractivity contribution in [2.45, 2.75) is 6.42 Å². The number of imidazole rings is 1. The first-order chi connectivity index (χ1) is 4.34. The van der Waals surface area contributed by atoms with Crippen LogP contribution in [0.25, 0.3) is 0 Å². The molecule has 0 atom stereocenters. The fourth-order valence-corrected chi connectivity index (χ4v) is 0.777. The van der Waals surface area contributed by atoms with Crippen molar-refractivity contribution in [2.75, 3.05) is 0 Å². The van der Waals surface area contributed by atoms with Gasteiger partial charge in [0.1, 0.15) is 12.4 Å². The average molecular weight is 123 g/mol. The van der Waals surface area contributed by atoms with E-state index in [4.69, 9.17) is 0 Å². The molecule has 0 fully saturated rings. The third-order valence-electron chi connectivity index (χ3n) is 1.31. The quantitative estimate of drug-likeness (QED) is 0.438. The van der Waals surface area contributed by atoms with E-state index in [-0.39, 0.29) is 0 Å². The predicted molar refractivity (Wildman–Crippen MR) is 35.9 cm³/mol. The van der Waals surface area contributed by atoms with Gasteiger partial charge in [-0.2, -0.15) is 0 Å². The predicted octanol–water partition coefficient (Wildman–Crippen LogP) is 0.568. The number of aromatic amines is 1. The molecule has 1 rings (SSSR count). The van der Waals surface area contributed by atoms with Gasteiger partial charge in [0.15, 0.2) is 0 Å². The van der Waals surface area contributed by atoms with Crippen molar-refractivity contribution in [3.63, 3.8) is 0 Å². The smallest absolute Gasteiger partial charge is 0.247 e. The largest absolute Gasteiger partial charge is 0.257 e. The maximum Gasteiger partial charge on any atom is 0.257 e. The van der Waals surface area contributed by atoms with Gasteiger partial charge < -0.3 is 0 Å². The third-order valence-corrected chi connectivity index (χ3v) is 1.31. The van der Waals surface area contributed by atoms with Gasteiger partial charge in [0.25, 0.3) is 5.82 Å². The summed E-state index contributed by atoms with van der Waals surface area (Å²) in [6, 6.07) is 0. The maximum absolute atomic E-state index is 3.64. The normalized spacial score (nSPS) is 9.44. The van der Waals surface area contributed by atoms with Crippen LogP contribution in [0.1, 0.15) is 5.82 Å². The number of nitrogens with zero attached hydrogens (tertiary/aromatic N) is 1. The van der Waals surface area contributed by atoms with Gasteiger partial charge in [0, 0.05) is 0 Å². The fraction of sp³-hybridized carbons (Fsp3) is 0.286. The molecular formula is C7H11N2+. The molecule has 0 unspecified atom stereocenters. The number of aromatic nitrogens is 2. The van der Waals surface area contributed by atoms with Crippen LogP contribution in [0, 0.1) is 0 Å². The van der Waals surface area contributed by atoms with E-state index >= 15 is 0 Å². The highest BCUT2D eigenvalue weighted by atomic mass is 15.0. The summed E-state index contributed by atoms with van der Waals surface area (Å²) in [6.07, 6.45) is 6.69. The van der Waals surface area contributed by atoms with E-state index in [0.29, 0.717) is 0 Å². The first-order valence-corrected chi connectivity index (χ1v) is 2.97. The monoisotopic (exact) mass is 123 g/mol. The lowest BCUT2D eigenvalue weighted by Crippen LogP contribution is -2.29. The first-order valence-electron chi connectivity index (χ1n) is 2.97. The molecule has 2 heteroatoms. The van der Waals surface area contributed by atoms with Crippen LogP contribution in [0.15, 0.2) is 25.0 Å². The van der Waals surface area contributed by atoms with Crippen LogP contribution in [0.4, 0.5) is 0 Å². The summed E-state index contributed by atoms with van der Waals surface area (Å²) in [5, 5.41) is 0. The van der Waals surface area contributed by atoms with Crippen molar-refractivity contribution in [1.82, 2.24) is 4.98 Å². The highest BCUT2D eigenvalue weighted by Gasteiger charge is 2.00. The number of H-pyrrole nitrogens is 1. The van der Waals surface area contributed by atoms with E-state index < -0.39 is 0 Å². The Morgan fingerprint density at radius 3 is 3.11 bits per heavy atom. The molecule has 0 aliphatic heterocycles. The van der Waals surface area contributed by atoms with Crippen LogP contribution in [-0.2, 0) is 13.5 Å². The molecule has 0 aliphatic rings. The number of allylic oxidation sites excluding steroid dienone is 1. The van der Waals surface area contributed by atoms with Gasteiger partial charge in [-0.3, -0.25) is 0 Å². The van der Waals surface area contributed by atoms with E-state index in [1.54, 1.807) is 0 Å². The molecule has 0 aliphatic carbocycles. The van der Waals surface area contributed by atoms with Crippen LogP contribution < -0.4 is 4.57 Å². The minimum absolute atomic E-state index is 0.906. The second kappa shape index (κ2) is 2.49. The molecule has 0 aromatic carbocycles. The lowest BCUT2D eigenvalue weighted by atomic mass is 10.4. The SMILES string of the molecule is C=CCc1[nH]cc[n+]1C. The lowest BCUT2D eigenvalue weighted by Gasteiger charge is -1.85. The molecule has 0 radical (unpaired) electrons. The Morgan fingerprint density at radius 2 is 2.67 bits per heavy atom. The second-order valence-corrected chi connectivity index (χ2v) is 2.01. The van der Waals surface area contributed by atoms with E-state index in [1.165, 1.54) is 5.82 Å². The second-order valence-electron chi connectivity index (χ2n) is 2.01. The van der Waals surface area contributed by atoms with Crippen molar-refractivity contribution in [3.8, 4) is 0 Å². The molecule has 0 saturated heterocycles. The van der Waals surface area contributed by atoms with Crippen molar-refractivity contribution < 1.29 is 4.57 Å². The average Bonchev–Trinajstić information content (AvgIpc) is 2.18. The topological polar surface area (TPSA) is 19.7 Å². The standard InChI is InChI=1S/C7H10N2/c1-3-4-7-8-5-6-9(7)2/h3,5-6H,1,4H2,2H3/p+1. The highest BCUT2D eigenvalue weighted by molar-refractivity contribution is 4.85. The summed E-state index contributed by atoms with van der Waals surface area (Å²) >= 11 is 0. The number of hydrogen-bond acceptors (Lipinski definition) is 0. The third kappa shape index (κ3) is 1.19. The zero-order valence-electron chi connectivity index (χ0n) is 5.59. The number of aryl methyl sites for hydroxylation is 1. The molecule has 9 heavy (non-hydrogen) atoms. The van der Waals surface area contributed by atoms with Crippen molar-refractivity contribution in [2.24, 2.45) is 7.05 Å². The number of rotatable bonds is 2. The summed E-state index contributed by atoms with van der Waals surface area (Å²) in [5.74, 6) is 1.19. The van der Waals surface area contributed by atoms with Crippen molar-refractivity contribution >= 4 is 0 Å². The Balaban J connectivity index is 2.80. The minimum atomic E-state index is 0.906. The van der Waals surface area contributed by atoms with Gasteiger partial charge in [-0.1, -0.05) is 6.08 Å². The van der Waals surface area contributed by atoms with Gasteiger partial charge in [0.05, 0.1) is 13.5 Å². The molecule has 0 saturated carbocycles. The minimum Gasteiger partial charge on any atom is -0.247 e. The Morgan fingerprint density at radius 1 is 1.89 bits per heavy atom. The molecule has 1 aromatic heterocycles. The zero-order chi connectivity index (χ0) is 6.69. The van der Waals surface area contributed by atoms with Crippen molar-refractivity contribution in [1.29, 1.82) is 0 Å². The van der Waals surface area contributed by atoms with Gasteiger partial charge in [-0.25, -0.2) is 9.55 Å². The molecule has 1 heterocycles.